The van der Waals surface area contributed by atoms with Crippen LogP contribution in [0.3, 0.4) is 0 Å². The molecule has 0 aliphatic carbocycles. The Morgan fingerprint density at radius 2 is 1.95 bits per heavy atom. The maximum absolute atomic E-state index is 4.79. The molecule has 116 valence electrons. The summed E-state index contributed by atoms with van der Waals surface area (Å²) in [5.41, 5.74) is 2.81. The number of hydrogen-bond acceptors (Lipinski definition) is 2. The molecule has 0 saturated heterocycles. The van der Waals surface area contributed by atoms with E-state index in [1.165, 1.54) is 29.4 Å². The van der Waals surface area contributed by atoms with E-state index in [4.69, 9.17) is 5.10 Å². The SMILES string of the molecule is CCn1nc(CCCC(NC)C(C)(C)C)c2ccccc21. The quantitative estimate of drug-likeness (QED) is 0.870. The second-order valence-electron chi connectivity index (χ2n) is 6.88. The van der Waals surface area contributed by atoms with Gasteiger partial charge in [-0.05, 0) is 44.7 Å². The number of benzene rings is 1. The molecule has 2 aromatic rings. The second-order valence-corrected chi connectivity index (χ2v) is 6.88. The minimum atomic E-state index is 0.305. The van der Waals surface area contributed by atoms with E-state index in [1.54, 1.807) is 0 Å². The van der Waals surface area contributed by atoms with Crippen molar-refractivity contribution < 1.29 is 0 Å². The molecular weight excluding hydrogens is 258 g/mol. The number of hydrogen-bond donors (Lipinski definition) is 1. The largest absolute Gasteiger partial charge is 0.316 e. The van der Waals surface area contributed by atoms with Crippen molar-refractivity contribution in [1.82, 2.24) is 15.1 Å². The summed E-state index contributed by atoms with van der Waals surface area (Å²) in [6.45, 7) is 9.99. The van der Waals surface area contributed by atoms with Crippen molar-refractivity contribution >= 4 is 10.9 Å². The zero-order valence-electron chi connectivity index (χ0n) is 14.1. The number of aryl methyl sites for hydroxylation is 2. The molecule has 0 saturated carbocycles. The maximum atomic E-state index is 4.79. The Hall–Kier alpha value is -1.35. The summed E-state index contributed by atoms with van der Waals surface area (Å²) < 4.78 is 2.12. The highest BCUT2D eigenvalue weighted by Crippen LogP contribution is 2.25. The fourth-order valence-electron chi connectivity index (χ4n) is 3.11. The van der Waals surface area contributed by atoms with Gasteiger partial charge in [-0.1, -0.05) is 39.0 Å². The van der Waals surface area contributed by atoms with Gasteiger partial charge in [0.25, 0.3) is 0 Å². The molecule has 1 heterocycles. The molecule has 1 atom stereocenters. The molecule has 0 spiro atoms. The topological polar surface area (TPSA) is 29.9 Å². The first kappa shape index (κ1) is 16.0. The van der Waals surface area contributed by atoms with Crippen molar-refractivity contribution in [3.63, 3.8) is 0 Å². The number of para-hydroxylation sites is 1. The molecule has 0 bridgehead atoms. The van der Waals surface area contributed by atoms with Gasteiger partial charge >= 0.3 is 0 Å². The van der Waals surface area contributed by atoms with Crippen LogP contribution in [-0.4, -0.2) is 22.9 Å². The standard InChI is InChI=1S/C18H29N3/c1-6-21-16-12-8-7-10-14(16)15(20-21)11-9-13-17(19-5)18(2,3)4/h7-8,10,12,17,19H,6,9,11,13H2,1-5H3. The van der Waals surface area contributed by atoms with Crippen molar-refractivity contribution in [3.05, 3.63) is 30.0 Å². The van der Waals surface area contributed by atoms with E-state index in [-0.39, 0.29) is 0 Å². The Morgan fingerprint density at radius 1 is 1.24 bits per heavy atom. The van der Waals surface area contributed by atoms with Crippen molar-refractivity contribution in [2.75, 3.05) is 7.05 Å². The third-order valence-electron chi connectivity index (χ3n) is 4.33. The first-order valence-electron chi connectivity index (χ1n) is 8.09. The molecule has 1 N–H and O–H groups in total. The lowest BCUT2D eigenvalue weighted by Crippen LogP contribution is -2.37. The van der Waals surface area contributed by atoms with Crippen LogP contribution < -0.4 is 5.32 Å². The minimum absolute atomic E-state index is 0.305. The van der Waals surface area contributed by atoms with Gasteiger partial charge in [-0.3, -0.25) is 4.68 Å². The predicted octanol–water partition coefficient (Wildman–Crippen LogP) is 4.01. The number of aromatic nitrogens is 2. The van der Waals surface area contributed by atoms with Gasteiger partial charge in [-0.25, -0.2) is 0 Å². The molecule has 1 aromatic carbocycles. The van der Waals surface area contributed by atoms with E-state index in [0.29, 0.717) is 11.5 Å². The van der Waals surface area contributed by atoms with E-state index in [1.807, 2.05) is 0 Å². The molecule has 0 amide bonds. The third-order valence-corrected chi connectivity index (χ3v) is 4.33. The number of rotatable bonds is 6. The van der Waals surface area contributed by atoms with Crippen LogP contribution in [0.5, 0.6) is 0 Å². The lowest BCUT2D eigenvalue weighted by molar-refractivity contribution is 0.263. The summed E-state index contributed by atoms with van der Waals surface area (Å²) in [6.07, 6.45) is 3.42. The van der Waals surface area contributed by atoms with Crippen LogP contribution in [0.2, 0.25) is 0 Å². The lowest BCUT2D eigenvalue weighted by Gasteiger charge is -2.30. The first-order chi connectivity index (χ1) is 9.97. The van der Waals surface area contributed by atoms with Crippen LogP contribution in [0.4, 0.5) is 0 Å². The second kappa shape index (κ2) is 6.61. The lowest BCUT2D eigenvalue weighted by atomic mass is 9.84. The zero-order chi connectivity index (χ0) is 15.5. The van der Waals surface area contributed by atoms with Gasteiger partial charge < -0.3 is 5.32 Å². The average molecular weight is 287 g/mol. The van der Waals surface area contributed by atoms with Gasteiger partial charge in [-0.15, -0.1) is 0 Å². The Morgan fingerprint density at radius 3 is 2.57 bits per heavy atom. The molecule has 3 nitrogen and oxygen atoms in total. The van der Waals surface area contributed by atoms with Crippen LogP contribution in [0.25, 0.3) is 10.9 Å². The summed E-state index contributed by atoms with van der Waals surface area (Å²) in [7, 11) is 2.07. The summed E-state index contributed by atoms with van der Waals surface area (Å²) in [6, 6.07) is 9.12. The maximum Gasteiger partial charge on any atom is 0.0703 e. The Kier molecular flexibility index (Phi) is 5.04. The molecule has 0 radical (unpaired) electrons. The van der Waals surface area contributed by atoms with Crippen molar-refractivity contribution in [1.29, 1.82) is 0 Å². The summed E-state index contributed by atoms with van der Waals surface area (Å²) >= 11 is 0. The average Bonchev–Trinajstić information content (AvgIpc) is 2.80. The van der Waals surface area contributed by atoms with Crippen LogP contribution in [0.1, 0.15) is 46.2 Å². The zero-order valence-corrected chi connectivity index (χ0v) is 14.1. The molecule has 1 aromatic heterocycles. The van der Waals surface area contributed by atoms with Crippen LogP contribution in [0, 0.1) is 5.41 Å². The van der Waals surface area contributed by atoms with Gasteiger partial charge in [-0.2, -0.15) is 5.10 Å². The first-order valence-corrected chi connectivity index (χ1v) is 8.09. The Bertz CT molecular complexity index is 578. The fraction of sp³-hybridized carbons (Fsp3) is 0.611. The third kappa shape index (κ3) is 3.65. The summed E-state index contributed by atoms with van der Waals surface area (Å²) in [4.78, 5) is 0. The molecule has 1 unspecified atom stereocenters. The normalized spacial score (nSPS) is 13.8. The van der Waals surface area contributed by atoms with E-state index in [9.17, 15) is 0 Å². The van der Waals surface area contributed by atoms with Crippen LogP contribution in [-0.2, 0) is 13.0 Å². The summed E-state index contributed by atoms with van der Waals surface area (Å²) in [5, 5.41) is 9.56. The molecule has 0 aliphatic rings. The van der Waals surface area contributed by atoms with Gasteiger partial charge in [0.05, 0.1) is 11.2 Å². The highest BCUT2D eigenvalue weighted by atomic mass is 15.3. The van der Waals surface area contributed by atoms with Crippen LogP contribution in [0.15, 0.2) is 24.3 Å². The molecule has 21 heavy (non-hydrogen) atoms. The van der Waals surface area contributed by atoms with Crippen molar-refractivity contribution in [2.45, 2.75) is 59.5 Å². The number of nitrogens with one attached hydrogen (secondary N) is 1. The highest BCUT2D eigenvalue weighted by Gasteiger charge is 2.22. The highest BCUT2D eigenvalue weighted by molar-refractivity contribution is 5.81. The van der Waals surface area contributed by atoms with E-state index in [0.717, 1.165) is 13.0 Å². The Labute approximate surface area is 128 Å². The Balaban J connectivity index is 2.07. The van der Waals surface area contributed by atoms with E-state index in [2.05, 4.69) is 69.0 Å². The van der Waals surface area contributed by atoms with Gasteiger partial charge in [0, 0.05) is 18.0 Å². The molecular formula is C18H29N3. The number of fused-ring (bicyclic) bond motifs is 1. The van der Waals surface area contributed by atoms with Crippen LogP contribution >= 0.6 is 0 Å². The van der Waals surface area contributed by atoms with Gasteiger partial charge in [0.1, 0.15) is 0 Å². The van der Waals surface area contributed by atoms with Gasteiger partial charge in [0.15, 0.2) is 0 Å². The molecule has 0 aliphatic heterocycles. The molecule has 0 fully saturated rings. The fourth-order valence-corrected chi connectivity index (χ4v) is 3.11. The van der Waals surface area contributed by atoms with E-state index < -0.39 is 0 Å². The smallest absolute Gasteiger partial charge is 0.0703 e. The number of nitrogens with zero attached hydrogens (tertiary/aromatic N) is 2. The van der Waals surface area contributed by atoms with Crippen molar-refractivity contribution in [2.24, 2.45) is 5.41 Å². The van der Waals surface area contributed by atoms with Crippen molar-refractivity contribution in [3.8, 4) is 0 Å². The molecule has 2 rings (SSSR count). The summed E-state index contributed by atoms with van der Waals surface area (Å²) in [5.74, 6) is 0. The molecule has 3 heteroatoms. The monoisotopic (exact) mass is 287 g/mol. The van der Waals surface area contributed by atoms with Gasteiger partial charge in [0.2, 0.25) is 0 Å². The predicted molar refractivity (Wildman–Crippen MR) is 90.6 cm³/mol. The minimum Gasteiger partial charge on any atom is -0.316 e. The van der Waals surface area contributed by atoms with E-state index >= 15 is 0 Å².